The molecule has 1 heterocycles. The highest BCUT2D eigenvalue weighted by Gasteiger charge is 2.39. The molecule has 0 saturated heterocycles. The van der Waals surface area contributed by atoms with Gasteiger partial charge in [0.25, 0.3) is 5.91 Å². The number of hydrogen-bond acceptors (Lipinski definition) is 3. The van der Waals surface area contributed by atoms with Gasteiger partial charge in [-0.15, -0.1) is 0 Å². The van der Waals surface area contributed by atoms with Crippen LogP contribution in [0.4, 0.5) is 4.39 Å². The van der Waals surface area contributed by atoms with E-state index >= 15 is 0 Å². The third-order valence-corrected chi connectivity index (χ3v) is 4.66. The number of nitrogens with one attached hydrogen (secondary N) is 1. The Morgan fingerprint density at radius 3 is 2.87 bits per heavy atom. The molecule has 2 aromatic rings. The second-order valence-electron chi connectivity index (χ2n) is 6.35. The molecule has 6 heteroatoms. The average Bonchev–Trinajstić information content (AvgIpc) is 3.16. The molecule has 2 N–H and O–H groups in total. The summed E-state index contributed by atoms with van der Waals surface area (Å²) in [6, 6.07) is 7.48. The first-order valence-corrected chi connectivity index (χ1v) is 7.75. The van der Waals surface area contributed by atoms with E-state index in [1.807, 2.05) is 6.92 Å². The summed E-state index contributed by atoms with van der Waals surface area (Å²) >= 11 is 0. The van der Waals surface area contributed by atoms with Gasteiger partial charge in [-0.2, -0.15) is 5.10 Å². The summed E-state index contributed by atoms with van der Waals surface area (Å²) in [7, 11) is 0. The van der Waals surface area contributed by atoms with Crippen molar-refractivity contribution in [3.8, 4) is 5.69 Å². The van der Waals surface area contributed by atoms with E-state index in [-0.39, 0.29) is 29.8 Å². The lowest BCUT2D eigenvalue weighted by atomic mass is 9.86. The Morgan fingerprint density at radius 1 is 1.43 bits per heavy atom. The van der Waals surface area contributed by atoms with Crippen molar-refractivity contribution in [2.75, 3.05) is 6.61 Å². The van der Waals surface area contributed by atoms with E-state index < -0.39 is 0 Å². The molecule has 1 aromatic carbocycles. The highest BCUT2D eigenvalue weighted by atomic mass is 19.1. The lowest BCUT2D eigenvalue weighted by Crippen LogP contribution is -2.44. The van der Waals surface area contributed by atoms with Gasteiger partial charge >= 0.3 is 0 Å². The molecule has 3 rings (SSSR count). The van der Waals surface area contributed by atoms with Crippen molar-refractivity contribution in [2.45, 2.75) is 32.2 Å². The van der Waals surface area contributed by atoms with Crippen LogP contribution in [0.5, 0.6) is 0 Å². The number of hydrogen-bond donors (Lipinski definition) is 2. The first-order chi connectivity index (χ1) is 11.0. The van der Waals surface area contributed by atoms with Crippen molar-refractivity contribution < 1.29 is 14.3 Å². The number of halogens is 1. The van der Waals surface area contributed by atoms with Gasteiger partial charge in [0, 0.05) is 17.7 Å². The van der Waals surface area contributed by atoms with E-state index in [9.17, 15) is 14.3 Å². The maximum absolute atomic E-state index is 13.0. The van der Waals surface area contributed by atoms with Gasteiger partial charge in [-0.3, -0.25) is 4.79 Å². The summed E-state index contributed by atoms with van der Waals surface area (Å²) in [5, 5.41) is 16.8. The van der Waals surface area contributed by atoms with Crippen molar-refractivity contribution in [1.29, 1.82) is 0 Å². The quantitative estimate of drug-likeness (QED) is 0.909. The number of aliphatic hydroxyl groups is 1. The van der Waals surface area contributed by atoms with Crippen LogP contribution >= 0.6 is 0 Å². The van der Waals surface area contributed by atoms with E-state index in [4.69, 9.17) is 0 Å². The number of carbonyl (C=O) groups is 1. The smallest absolute Gasteiger partial charge is 0.272 e. The van der Waals surface area contributed by atoms with Crippen LogP contribution in [0.1, 0.15) is 36.7 Å². The Kier molecular flexibility index (Phi) is 4.17. The van der Waals surface area contributed by atoms with Crippen LogP contribution in [0.25, 0.3) is 5.69 Å². The molecule has 23 heavy (non-hydrogen) atoms. The standard InChI is InChI=1S/C17H20FN3O2/c1-17(11-22)9-2-3-15(17)19-16(23)14-8-10-21(20-14)13-6-4-12(18)5-7-13/h4-8,10,15,22H,2-3,9,11H2,1H3,(H,19,23). The molecule has 0 radical (unpaired) electrons. The summed E-state index contributed by atoms with van der Waals surface area (Å²) in [6.45, 7) is 2.05. The van der Waals surface area contributed by atoms with Crippen LogP contribution in [0.3, 0.4) is 0 Å². The molecule has 5 nitrogen and oxygen atoms in total. The monoisotopic (exact) mass is 317 g/mol. The molecule has 122 valence electrons. The second kappa shape index (κ2) is 6.12. The molecule has 1 fully saturated rings. The molecule has 2 unspecified atom stereocenters. The minimum absolute atomic E-state index is 0.0454. The van der Waals surface area contributed by atoms with E-state index in [1.54, 1.807) is 24.4 Å². The van der Waals surface area contributed by atoms with E-state index in [0.29, 0.717) is 11.4 Å². The lowest BCUT2D eigenvalue weighted by Gasteiger charge is -2.29. The second-order valence-corrected chi connectivity index (χ2v) is 6.35. The molecular weight excluding hydrogens is 297 g/mol. The highest BCUT2D eigenvalue weighted by Crippen LogP contribution is 2.37. The molecule has 0 spiro atoms. The normalized spacial score (nSPS) is 23.9. The zero-order valence-corrected chi connectivity index (χ0v) is 13.0. The number of aliphatic hydroxyl groups excluding tert-OH is 1. The van der Waals surface area contributed by atoms with Gasteiger partial charge in [0.2, 0.25) is 0 Å². The largest absolute Gasteiger partial charge is 0.396 e. The van der Waals surface area contributed by atoms with Crippen molar-refractivity contribution in [1.82, 2.24) is 15.1 Å². The van der Waals surface area contributed by atoms with Gasteiger partial charge in [-0.25, -0.2) is 9.07 Å². The predicted molar refractivity (Wildman–Crippen MR) is 83.8 cm³/mol. The van der Waals surface area contributed by atoms with Crippen molar-refractivity contribution in [2.24, 2.45) is 5.41 Å². The molecule has 1 aromatic heterocycles. The molecule has 1 aliphatic rings. The van der Waals surface area contributed by atoms with Crippen LogP contribution in [0.2, 0.25) is 0 Å². The average molecular weight is 317 g/mol. The molecule has 1 amide bonds. The molecule has 2 atom stereocenters. The fourth-order valence-corrected chi connectivity index (χ4v) is 3.08. The van der Waals surface area contributed by atoms with Crippen LogP contribution in [0.15, 0.2) is 36.5 Å². The van der Waals surface area contributed by atoms with Crippen molar-refractivity contribution >= 4 is 5.91 Å². The minimum atomic E-state index is -0.316. The molecule has 0 aliphatic heterocycles. The van der Waals surface area contributed by atoms with Gasteiger partial charge in [0.05, 0.1) is 12.3 Å². The molecular formula is C17H20FN3O2. The summed E-state index contributed by atoms with van der Waals surface area (Å²) in [5.41, 5.74) is 0.725. The number of carbonyl (C=O) groups excluding carboxylic acids is 1. The molecule has 1 saturated carbocycles. The fourth-order valence-electron chi connectivity index (χ4n) is 3.08. The highest BCUT2D eigenvalue weighted by molar-refractivity contribution is 5.92. The first kappa shape index (κ1) is 15.7. The Hall–Kier alpha value is -2.21. The minimum Gasteiger partial charge on any atom is -0.396 e. The van der Waals surface area contributed by atoms with Crippen molar-refractivity contribution in [3.63, 3.8) is 0 Å². The number of aromatic nitrogens is 2. The Bertz CT molecular complexity index is 698. The van der Waals surface area contributed by atoms with Crippen molar-refractivity contribution in [3.05, 3.63) is 48.0 Å². The predicted octanol–water partition coefficient (Wildman–Crippen LogP) is 2.29. The Morgan fingerprint density at radius 2 is 2.17 bits per heavy atom. The Labute approximate surface area is 134 Å². The zero-order chi connectivity index (χ0) is 16.4. The third-order valence-electron chi connectivity index (χ3n) is 4.66. The van der Waals surface area contributed by atoms with E-state index in [2.05, 4.69) is 10.4 Å². The number of benzene rings is 1. The zero-order valence-electron chi connectivity index (χ0n) is 13.0. The number of nitrogens with zero attached hydrogens (tertiary/aromatic N) is 2. The summed E-state index contributed by atoms with van der Waals surface area (Å²) < 4.78 is 14.5. The van der Waals surface area contributed by atoms with Crippen LogP contribution in [-0.2, 0) is 0 Å². The first-order valence-electron chi connectivity index (χ1n) is 7.75. The topological polar surface area (TPSA) is 67.2 Å². The Balaban J connectivity index is 1.73. The fraction of sp³-hybridized carbons (Fsp3) is 0.412. The number of amides is 1. The maximum atomic E-state index is 13.0. The molecule has 1 aliphatic carbocycles. The van der Waals surface area contributed by atoms with E-state index in [0.717, 1.165) is 19.3 Å². The summed E-state index contributed by atoms with van der Waals surface area (Å²) in [4.78, 5) is 12.4. The van der Waals surface area contributed by atoms with Gasteiger partial charge in [-0.05, 0) is 43.2 Å². The van der Waals surface area contributed by atoms with E-state index in [1.165, 1.54) is 16.8 Å². The van der Waals surface area contributed by atoms with Crippen LogP contribution < -0.4 is 5.32 Å². The van der Waals surface area contributed by atoms with Gasteiger partial charge in [-0.1, -0.05) is 13.3 Å². The maximum Gasteiger partial charge on any atom is 0.272 e. The van der Waals surface area contributed by atoms with Gasteiger partial charge < -0.3 is 10.4 Å². The summed E-state index contributed by atoms with van der Waals surface area (Å²) in [5.74, 6) is -0.569. The number of rotatable bonds is 4. The molecule has 0 bridgehead atoms. The van der Waals surface area contributed by atoms with Gasteiger partial charge in [0.15, 0.2) is 5.69 Å². The third kappa shape index (κ3) is 3.12. The SMILES string of the molecule is CC1(CO)CCCC1NC(=O)c1ccn(-c2ccc(F)cc2)n1. The van der Waals surface area contributed by atoms with Crippen LogP contribution in [0, 0.1) is 11.2 Å². The van der Waals surface area contributed by atoms with Crippen LogP contribution in [-0.4, -0.2) is 33.4 Å². The van der Waals surface area contributed by atoms with Gasteiger partial charge in [0.1, 0.15) is 5.82 Å². The lowest BCUT2D eigenvalue weighted by molar-refractivity contribution is 0.0825. The summed E-state index contributed by atoms with van der Waals surface area (Å²) in [6.07, 6.45) is 4.42.